The van der Waals surface area contributed by atoms with Gasteiger partial charge in [0.05, 0.1) is 11.4 Å². The number of hydrogen-bond acceptors (Lipinski definition) is 1. The van der Waals surface area contributed by atoms with Crippen LogP contribution in [0.5, 0.6) is 0 Å². The highest BCUT2D eigenvalue weighted by Gasteiger charge is 2.08. The van der Waals surface area contributed by atoms with Gasteiger partial charge in [-0.05, 0) is 36.6 Å². The highest BCUT2D eigenvalue weighted by Crippen LogP contribution is 2.23. The van der Waals surface area contributed by atoms with E-state index in [-0.39, 0.29) is 0 Å². The Labute approximate surface area is 111 Å². The lowest BCUT2D eigenvalue weighted by Crippen LogP contribution is -2.07. The minimum absolute atomic E-state index is 0.600. The van der Waals surface area contributed by atoms with Crippen molar-refractivity contribution in [3.05, 3.63) is 40.5 Å². The quantitative estimate of drug-likeness (QED) is 0.826. The first-order valence-electron chi connectivity index (χ1n) is 5.86. The van der Waals surface area contributed by atoms with Crippen LogP contribution in [0.1, 0.15) is 19.5 Å². The molecule has 1 aromatic carbocycles. The van der Waals surface area contributed by atoms with E-state index < -0.39 is 0 Å². The van der Waals surface area contributed by atoms with E-state index in [1.807, 2.05) is 6.92 Å². The average molecular weight is 293 g/mol. The number of nitrogens with zero attached hydrogens (tertiary/aromatic N) is 2. The molecule has 0 spiro atoms. The van der Waals surface area contributed by atoms with Gasteiger partial charge in [0, 0.05) is 11.0 Å². The normalized spacial score (nSPS) is 11.1. The second-order valence-electron chi connectivity index (χ2n) is 4.75. The molecule has 17 heavy (non-hydrogen) atoms. The molecule has 0 unspecified atom stereocenters. The zero-order valence-electron chi connectivity index (χ0n) is 10.4. The zero-order chi connectivity index (χ0) is 12.4. The highest BCUT2D eigenvalue weighted by atomic mass is 79.9. The molecule has 0 radical (unpaired) electrons. The molecule has 0 saturated carbocycles. The molecule has 0 amide bonds. The van der Waals surface area contributed by atoms with E-state index in [9.17, 15) is 0 Å². The Morgan fingerprint density at radius 3 is 2.47 bits per heavy atom. The van der Waals surface area contributed by atoms with Gasteiger partial charge in [-0.15, -0.1) is 0 Å². The average Bonchev–Trinajstić information content (AvgIpc) is 2.59. The molecular weight excluding hydrogens is 276 g/mol. The molecule has 0 aliphatic heterocycles. The first-order chi connectivity index (χ1) is 8.06. The van der Waals surface area contributed by atoms with E-state index in [4.69, 9.17) is 0 Å². The predicted octanol–water partition coefficient (Wildman–Crippen LogP) is 4.28. The lowest BCUT2D eigenvalue weighted by Gasteiger charge is -2.10. The summed E-state index contributed by atoms with van der Waals surface area (Å²) in [4.78, 5) is 0. The molecule has 1 heterocycles. The SMILES string of the molecule is Cc1cc(-c2ccc(Br)cc2)n(CC(C)C)n1. The summed E-state index contributed by atoms with van der Waals surface area (Å²) in [5.41, 5.74) is 3.49. The number of rotatable bonds is 3. The Kier molecular flexibility index (Phi) is 3.67. The smallest absolute Gasteiger partial charge is 0.0685 e. The fourth-order valence-corrected chi connectivity index (χ4v) is 2.15. The van der Waals surface area contributed by atoms with Crippen LogP contribution in [0.2, 0.25) is 0 Å². The third-order valence-corrected chi connectivity index (χ3v) is 3.11. The van der Waals surface area contributed by atoms with Crippen LogP contribution in [0.25, 0.3) is 11.3 Å². The molecule has 2 aromatic rings. The van der Waals surface area contributed by atoms with Gasteiger partial charge in [-0.1, -0.05) is 41.9 Å². The van der Waals surface area contributed by atoms with Crippen molar-refractivity contribution in [1.82, 2.24) is 9.78 Å². The number of halogens is 1. The maximum atomic E-state index is 4.55. The number of hydrogen-bond donors (Lipinski definition) is 0. The second kappa shape index (κ2) is 5.05. The maximum Gasteiger partial charge on any atom is 0.0685 e. The van der Waals surface area contributed by atoms with Crippen LogP contribution in [-0.2, 0) is 6.54 Å². The van der Waals surface area contributed by atoms with Crippen LogP contribution < -0.4 is 0 Å². The van der Waals surface area contributed by atoms with Crippen LogP contribution in [0, 0.1) is 12.8 Å². The van der Waals surface area contributed by atoms with Crippen molar-refractivity contribution in [1.29, 1.82) is 0 Å². The lowest BCUT2D eigenvalue weighted by atomic mass is 10.1. The largest absolute Gasteiger partial charge is 0.264 e. The molecular formula is C14H17BrN2. The van der Waals surface area contributed by atoms with Gasteiger partial charge >= 0.3 is 0 Å². The van der Waals surface area contributed by atoms with E-state index in [1.165, 1.54) is 11.3 Å². The van der Waals surface area contributed by atoms with E-state index >= 15 is 0 Å². The zero-order valence-corrected chi connectivity index (χ0v) is 12.0. The molecule has 0 atom stereocenters. The van der Waals surface area contributed by atoms with Gasteiger partial charge in [-0.3, -0.25) is 4.68 Å². The van der Waals surface area contributed by atoms with Crippen LogP contribution in [0.15, 0.2) is 34.8 Å². The van der Waals surface area contributed by atoms with Crippen molar-refractivity contribution in [3.8, 4) is 11.3 Å². The lowest BCUT2D eigenvalue weighted by molar-refractivity contribution is 0.485. The molecule has 2 rings (SSSR count). The van der Waals surface area contributed by atoms with Crippen LogP contribution in [0.4, 0.5) is 0 Å². The second-order valence-corrected chi connectivity index (χ2v) is 5.67. The fourth-order valence-electron chi connectivity index (χ4n) is 1.88. The van der Waals surface area contributed by atoms with E-state index in [1.54, 1.807) is 0 Å². The molecule has 0 bridgehead atoms. The topological polar surface area (TPSA) is 17.8 Å². The Morgan fingerprint density at radius 1 is 1.24 bits per heavy atom. The molecule has 90 valence electrons. The monoisotopic (exact) mass is 292 g/mol. The third-order valence-electron chi connectivity index (χ3n) is 2.58. The Hall–Kier alpha value is -1.09. The third kappa shape index (κ3) is 2.97. The van der Waals surface area contributed by atoms with Gasteiger partial charge in [0.1, 0.15) is 0 Å². The minimum Gasteiger partial charge on any atom is -0.264 e. The first-order valence-corrected chi connectivity index (χ1v) is 6.66. The summed E-state index contributed by atoms with van der Waals surface area (Å²) < 4.78 is 3.20. The predicted molar refractivity (Wildman–Crippen MR) is 74.9 cm³/mol. The number of aryl methyl sites for hydroxylation is 1. The summed E-state index contributed by atoms with van der Waals surface area (Å²) in [6.07, 6.45) is 0. The van der Waals surface area contributed by atoms with Gasteiger partial charge in [0.15, 0.2) is 0 Å². The molecule has 0 fully saturated rings. The van der Waals surface area contributed by atoms with Gasteiger partial charge < -0.3 is 0 Å². The molecule has 0 N–H and O–H groups in total. The van der Waals surface area contributed by atoms with Crippen LogP contribution in [0.3, 0.4) is 0 Å². The molecule has 2 nitrogen and oxygen atoms in total. The Morgan fingerprint density at radius 2 is 1.88 bits per heavy atom. The van der Waals surface area contributed by atoms with E-state index in [0.29, 0.717) is 5.92 Å². The van der Waals surface area contributed by atoms with Gasteiger partial charge in [-0.25, -0.2) is 0 Å². The van der Waals surface area contributed by atoms with Crippen LogP contribution in [-0.4, -0.2) is 9.78 Å². The van der Waals surface area contributed by atoms with Gasteiger partial charge in [0.2, 0.25) is 0 Å². The highest BCUT2D eigenvalue weighted by molar-refractivity contribution is 9.10. The van der Waals surface area contributed by atoms with Gasteiger partial charge in [-0.2, -0.15) is 5.10 Å². The summed E-state index contributed by atoms with van der Waals surface area (Å²) >= 11 is 3.46. The van der Waals surface area contributed by atoms with E-state index in [0.717, 1.165) is 16.7 Å². The molecule has 0 aliphatic carbocycles. The summed E-state index contributed by atoms with van der Waals surface area (Å²) in [6, 6.07) is 10.5. The van der Waals surface area contributed by atoms with Gasteiger partial charge in [0.25, 0.3) is 0 Å². The van der Waals surface area contributed by atoms with Crippen molar-refractivity contribution in [2.45, 2.75) is 27.3 Å². The standard InChI is InChI=1S/C14H17BrN2/c1-10(2)9-17-14(8-11(3)16-17)12-4-6-13(15)7-5-12/h4-8,10H,9H2,1-3H3. The Bertz CT molecular complexity index is 497. The number of benzene rings is 1. The fraction of sp³-hybridized carbons (Fsp3) is 0.357. The Balaban J connectivity index is 2.40. The summed E-state index contributed by atoms with van der Waals surface area (Å²) in [5.74, 6) is 0.600. The maximum absolute atomic E-state index is 4.55. The molecule has 1 aromatic heterocycles. The molecule has 3 heteroatoms. The van der Waals surface area contributed by atoms with Crippen molar-refractivity contribution < 1.29 is 0 Å². The van der Waals surface area contributed by atoms with Crippen molar-refractivity contribution >= 4 is 15.9 Å². The first kappa shape index (κ1) is 12.4. The van der Waals surface area contributed by atoms with Crippen molar-refractivity contribution in [2.75, 3.05) is 0 Å². The minimum atomic E-state index is 0.600. The van der Waals surface area contributed by atoms with Crippen molar-refractivity contribution in [3.63, 3.8) is 0 Å². The van der Waals surface area contributed by atoms with Crippen molar-refractivity contribution in [2.24, 2.45) is 5.92 Å². The molecule has 0 aliphatic rings. The summed E-state index contributed by atoms with van der Waals surface area (Å²) in [5, 5.41) is 4.55. The van der Waals surface area contributed by atoms with E-state index in [2.05, 4.69) is 69.9 Å². The van der Waals surface area contributed by atoms with Crippen LogP contribution >= 0.6 is 15.9 Å². The summed E-state index contributed by atoms with van der Waals surface area (Å²) in [6.45, 7) is 7.42. The number of aromatic nitrogens is 2. The molecule has 0 saturated heterocycles. The summed E-state index contributed by atoms with van der Waals surface area (Å²) in [7, 11) is 0.